The maximum absolute atomic E-state index is 13.3. The van der Waals surface area contributed by atoms with E-state index >= 15 is 0 Å². The maximum atomic E-state index is 13.3. The van der Waals surface area contributed by atoms with E-state index in [2.05, 4.69) is 10.4 Å². The van der Waals surface area contributed by atoms with Crippen molar-refractivity contribution in [2.75, 3.05) is 27.3 Å². The molecule has 2 amide bonds. The Hall–Kier alpha value is -1.89. The first-order valence-electron chi connectivity index (χ1n) is 9.14. The van der Waals surface area contributed by atoms with Crippen molar-refractivity contribution >= 4 is 11.8 Å². The van der Waals surface area contributed by atoms with Crippen LogP contribution in [0.15, 0.2) is 6.07 Å². The number of aromatic nitrogens is 2. The van der Waals surface area contributed by atoms with Crippen LogP contribution < -0.4 is 5.32 Å². The molecule has 0 aromatic carbocycles. The zero-order valence-corrected chi connectivity index (χ0v) is 15.4. The minimum atomic E-state index is -0.575. The van der Waals surface area contributed by atoms with Crippen molar-refractivity contribution in [3.8, 4) is 0 Å². The van der Waals surface area contributed by atoms with Crippen molar-refractivity contribution < 1.29 is 14.3 Å². The molecular formula is C18H28N4O3. The first kappa shape index (κ1) is 17.9. The average molecular weight is 348 g/mol. The highest BCUT2D eigenvalue weighted by Crippen LogP contribution is 2.40. The fraction of sp³-hybridized carbons (Fsp3) is 0.722. The van der Waals surface area contributed by atoms with Crippen LogP contribution in [-0.2, 0) is 16.1 Å². The summed E-state index contributed by atoms with van der Waals surface area (Å²) in [6.07, 6.45) is 4.22. The van der Waals surface area contributed by atoms with Gasteiger partial charge >= 0.3 is 0 Å². The number of ether oxygens (including phenoxy) is 1. The second-order valence-corrected chi connectivity index (χ2v) is 7.11. The molecule has 1 saturated carbocycles. The Morgan fingerprint density at radius 3 is 2.80 bits per heavy atom. The number of hydrogen-bond donors (Lipinski definition) is 1. The third-order valence-electron chi connectivity index (χ3n) is 5.34. The van der Waals surface area contributed by atoms with Gasteiger partial charge in [0.1, 0.15) is 5.69 Å². The van der Waals surface area contributed by atoms with Gasteiger partial charge in [-0.25, -0.2) is 0 Å². The number of carbonyl (C=O) groups is 2. The van der Waals surface area contributed by atoms with Gasteiger partial charge in [0, 0.05) is 33.2 Å². The van der Waals surface area contributed by atoms with Gasteiger partial charge in [-0.15, -0.1) is 0 Å². The minimum Gasteiger partial charge on any atom is -0.382 e. The summed E-state index contributed by atoms with van der Waals surface area (Å²) in [6, 6.07) is 1.94. The fourth-order valence-electron chi connectivity index (χ4n) is 3.86. The second-order valence-electron chi connectivity index (χ2n) is 7.11. The SMILES string of the molecule is CCn1nc(C2CC2)cc1C(=O)N1CCC[C@@]1(COC)CC(=O)NC. The van der Waals surface area contributed by atoms with Gasteiger partial charge in [0.2, 0.25) is 5.91 Å². The topological polar surface area (TPSA) is 76.5 Å². The Labute approximate surface area is 148 Å². The van der Waals surface area contributed by atoms with E-state index in [1.54, 1.807) is 18.8 Å². The smallest absolute Gasteiger partial charge is 0.272 e. The molecule has 3 rings (SSSR count). The lowest BCUT2D eigenvalue weighted by atomic mass is 9.92. The Kier molecular flexibility index (Phi) is 5.13. The second kappa shape index (κ2) is 7.15. The van der Waals surface area contributed by atoms with Gasteiger partial charge in [-0.1, -0.05) is 0 Å². The number of aryl methyl sites for hydroxylation is 1. The van der Waals surface area contributed by atoms with Crippen molar-refractivity contribution in [3.05, 3.63) is 17.5 Å². The zero-order valence-electron chi connectivity index (χ0n) is 15.4. The predicted octanol–water partition coefficient (Wildman–Crippen LogP) is 1.54. The van der Waals surface area contributed by atoms with Crippen LogP contribution in [-0.4, -0.2) is 59.3 Å². The van der Waals surface area contributed by atoms with E-state index in [1.165, 1.54) is 0 Å². The van der Waals surface area contributed by atoms with Crippen LogP contribution in [0.2, 0.25) is 0 Å². The van der Waals surface area contributed by atoms with E-state index < -0.39 is 5.54 Å². The molecule has 1 saturated heterocycles. The third-order valence-corrected chi connectivity index (χ3v) is 5.34. The highest BCUT2D eigenvalue weighted by atomic mass is 16.5. The Morgan fingerprint density at radius 1 is 1.44 bits per heavy atom. The van der Waals surface area contributed by atoms with Gasteiger partial charge in [-0.05, 0) is 38.7 Å². The van der Waals surface area contributed by atoms with E-state index in [-0.39, 0.29) is 18.2 Å². The highest BCUT2D eigenvalue weighted by molar-refractivity contribution is 5.94. The summed E-state index contributed by atoms with van der Waals surface area (Å²) in [5.41, 5.74) is 1.07. The van der Waals surface area contributed by atoms with E-state index in [9.17, 15) is 9.59 Å². The van der Waals surface area contributed by atoms with E-state index in [1.807, 2.05) is 17.9 Å². The number of hydrogen-bond acceptors (Lipinski definition) is 4. The van der Waals surface area contributed by atoms with Gasteiger partial charge in [0.05, 0.1) is 24.3 Å². The predicted molar refractivity (Wildman–Crippen MR) is 93.4 cm³/mol. The van der Waals surface area contributed by atoms with E-state index in [4.69, 9.17) is 4.74 Å². The Bertz CT molecular complexity index is 653. The van der Waals surface area contributed by atoms with Gasteiger partial charge in [0.25, 0.3) is 5.91 Å². The normalized spacial score (nSPS) is 23.1. The number of carbonyl (C=O) groups excluding carboxylic acids is 2. The van der Waals surface area contributed by atoms with Gasteiger partial charge < -0.3 is 15.0 Å². The van der Waals surface area contributed by atoms with Crippen molar-refractivity contribution in [1.82, 2.24) is 20.0 Å². The summed E-state index contributed by atoms with van der Waals surface area (Å²) in [4.78, 5) is 27.2. The minimum absolute atomic E-state index is 0.0419. The first-order chi connectivity index (χ1) is 12.0. The number of nitrogens with one attached hydrogen (secondary N) is 1. The molecule has 0 unspecified atom stereocenters. The Balaban J connectivity index is 1.89. The van der Waals surface area contributed by atoms with Gasteiger partial charge in [0.15, 0.2) is 0 Å². The van der Waals surface area contributed by atoms with Crippen LogP contribution in [0.4, 0.5) is 0 Å². The number of amides is 2. The van der Waals surface area contributed by atoms with Crippen LogP contribution in [0, 0.1) is 0 Å². The van der Waals surface area contributed by atoms with Crippen molar-refractivity contribution in [2.24, 2.45) is 0 Å². The number of methoxy groups -OCH3 is 1. The van der Waals surface area contributed by atoms with Crippen LogP contribution >= 0.6 is 0 Å². The molecule has 7 heteroatoms. The molecule has 1 aromatic heterocycles. The van der Waals surface area contributed by atoms with Gasteiger partial charge in [-0.2, -0.15) is 5.10 Å². The number of rotatable bonds is 7. The molecular weight excluding hydrogens is 320 g/mol. The lowest BCUT2D eigenvalue weighted by molar-refractivity contribution is -0.123. The molecule has 2 aliphatic rings. The van der Waals surface area contributed by atoms with Crippen LogP contribution in [0.5, 0.6) is 0 Å². The van der Waals surface area contributed by atoms with Crippen LogP contribution in [0.25, 0.3) is 0 Å². The summed E-state index contributed by atoms with van der Waals surface area (Å²) < 4.78 is 7.20. The molecule has 1 aliphatic heterocycles. The quantitative estimate of drug-likeness (QED) is 0.811. The number of likely N-dealkylation sites (tertiary alicyclic amines) is 1. The highest BCUT2D eigenvalue weighted by Gasteiger charge is 2.46. The van der Waals surface area contributed by atoms with Crippen molar-refractivity contribution in [2.45, 2.75) is 57.0 Å². The Morgan fingerprint density at radius 2 is 2.20 bits per heavy atom. The largest absolute Gasteiger partial charge is 0.382 e. The monoisotopic (exact) mass is 348 g/mol. The standard InChI is InChI=1S/C18H28N4O3/c1-4-22-15(10-14(20-22)13-6-7-13)17(24)21-9-5-8-18(21,12-25-3)11-16(23)19-2/h10,13H,4-9,11-12H2,1-3H3,(H,19,23)/t18-/m0/s1. The summed E-state index contributed by atoms with van der Waals surface area (Å²) in [6.45, 7) is 3.67. The molecule has 1 N–H and O–H groups in total. The molecule has 2 fully saturated rings. The summed E-state index contributed by atoms with van der Waals surface area (Å²) in [5.74, 6) is 0.395. The fourth-order valence-corrected chi connectivity index (χ4v) is 3.86. The summed E-state index contributed by atoms with van der Waals surface area (Å²) >= 11 is 0. The molecule has 1 atom stereocenters. The molecule has 7 nitrogen and oxygen atoms in total. The van der Waals surface area contributed by atoms with E-state index in [0.717, 1.165) is 31.4 Å². The lowest BCUT2D eigenvalue weighted by Crippen LogP contribution is -2.53. The molecule has 1 aliphatic carbocycles. The molecule has 25 heavy (non-hydrogen) atoms. The van der Waals surface area contributed by atoms with E-state index in [0.29, 0.717) is 31.3 Å². The third kappa shape index (κ3) is 3.42. The molecule has 2 heterocycles. The lowest BCUT2D eigenvalue weighted by Gasteiger charge is -2.37. The first-order valence-corrected chi connectivity index (χ1v) is 9.14. The molecule has 138 valence electrons. The number of nitrogens with zero attached hydrogens (tertiary/aromatic N) is 3. The molecule has 0 bridgehead atoms. The van der Waals surface area contributed by atoms with Gasteiger partial charge in [-0.3, -0.25) is 14.3 Å². The maximum Gasteiger partial charge on any atom is 0.272 e. The molecule has 0 radical (unpaired) electrons. The molecule has 0 spiro atoms. The molecule has 1 aromatic rings. The summed E-state index contributed by atoms with van der Waals surface area (Å²) in [7, 11) is 3.24. The van der Waals surface area contributed by atoms with Crippen LogP contribution in [0.3, 0.4) is 0 Å². The summed E-state index contributed by atoms with van der Waals surface area (Å²) in [5, 5.41) is 7.29. The van der Waals surface area contributed by atoms with Crippen molar-refractivity contribution in [1.29, 1.82) is 0 Å². The zero-order chi connectivity index (χ0) is 18.0. The average Bonchev–Trinajstić information content (AvgIpc) is 3.24. The van der Waals surface area contributed by atoms with Crippen LogP contribution in [0.1, 0.15) is 61.1 Å². The van der Waals surface area contributed by atoms with Crippen molar-refractivity contribution in [3.63, 3.8) is 0 Å².